The molecule has 0 radical (unpaired) electrons. The number of hydrogen-bond donors (Lipinski definition) is 1. The molecule has 0 amide bonds. The summed E-state index contributed by atoms with van der Waals surface area (Å²) >= 11 is 0. The highest BCUT2D eigenvalue weighted by molar-refractivity contribution is 5.54. The van der Waals surface area contributed by atoms with Crippen LogP contribution >= 0.6 is 0 Å². The number of benzene rings is 1. The highest BCUT2D eigenvalue weighted by Crippen LogP contribution is 2.27. The first kappa shape index (κ1) is 11.3. The van der Waals surface area contributed by atoms with Crippen molar-refractivity contribution in [3.05, 3.63) is 23.8 Å². The molecular formula is C14H21NO. The van der Waals surface area contributed by atoms with Crippen molar-refractivity contribution in [2.45, 2.75) is 51.6 Å². The number of hydrogen-bond acceptors (Lipinski definition) is 2. The molecule has 0 heterocycles. The summed E-state index contributed by atoms with van der Waals surface area (Å²) < 4.78 is 6.00. The highest BCUT2D eigenvalue weighted by atomic mass is 16.5. The van der Waals surface area contributed by atoms with E-state index in [4.69, 9.17) is 10.5 Å². The van der Waals surface area contributed by atoms with Gasteiger partial charge in [0.25, 0.3) is 0 Å². The normalized spacial score (nSPS) is 18.1. The lowest BCUT2D eigenvalue weighted by Crippen LogP contribution is -2.15. The molecule has 1 aliphatic rings. The Balaban J connectivity index is 2.01. The molecule has 1 aliphatic carbocycles. The number of nitrogens with two attached hydrogens (primary N) is 1. The second-order valence-corrected chi connectivity index (χ2v) is 4.77. The van der Waals surface area contributed by atoms with Gasteiger partial charge >= 0.3 is 0 Å². The van der Waals surface area contributed by atoms with Gasteiger partial charge in [-0.25, -0.2) is 0 Å². The zero-order valence-electron chi connectivity index (χ0n) is 10.0. The van der Waals surface area contributed by atoms with Crippen LogP contribution in [0, 0.1) is 6.92 Å². The fraction of sp³-hybridized carbons (Fsp3) is 0.571. The Morgan fingerprint density at radius 3 is 2.44 bits per heavy atom. The average molecular weight is 219 g/mol. The highest BCUT2D eigenvalue weighted by Gasteiger charge is 2.14. The fourth-order valence-electron chi connectivity index (χ4n) is 2.31. The molecule has 0 unspecified atom stereocenters. The third-order valence-corrected chi connectivity index (χ3v) is 3.26. The van der Waals surface area contributed by atoms with Gasteiger partial charge in [-0.2, -0.15) is 0 Å². The number of nitrogen functional groups attached to an aromatic ring is 1. The standard InChI is InChI=1S/C14H21NO/c1-11-8-9-14(13(15)10-11)16-12-6-4-2-3-5-7-12/h8-10,12H,2-7,15H2,1H3. The molecule has 0 aliphatic heterocycles. The largest absolute Gasteiger partial charge is 0.488 e. The zero-order chi connectivity index (χ0) is 11.4. The van der Waals surface area contributed by atoms with Crippen LogP contribution in [0.1, 0.15) is 44.1 Å². The Kier molecular flexibility index (Phi) is 3.70. The second kappa shape index (κ2) is 5.24. The lowest BCUT2D eigenvalue weighted by atomic mass is 10.1. The van der Waals surface area contributed by atoms with E-state index in [0.717, 1.165) is 11.4 Å². The fourth-order valence-corrected chi connectivity index (χ4v) is 2.31. The molecule has 1 aromatic rings. The number of ether oxygens (including phenoxy) is 1. The molecule has 2 N–H and O–H groups in total. The summed E-state index contributed by atoms with van der Waals surface area (Å²) in [5, 5.41) is 0. The maximum absolute atomic E-state index is 6.00. The van der Waals surface area contributed by atoms with E-state index in [2.05, 4.69) is 6.07 Å². The first-order valence-corrected chi connectivity index (χ1v) is 6.28. The zero-order valence-corrected chi connectivity index (χ0v) is 10.0. The van der Waals surface area contributed by atoms with E-state index >= 15 is 0 Å². The lowest BCUT2D eigenvalue weighted by molar-refractivity contribution is 0.185. The molecule has 0 bridgehead atoms. The summed E-state index contributed by atoms with van der Waals surface area (Å²) in [5.74, 6) is 0.859. The van der Waals surface area contributed by atoms with Gasteiger partial charge in [0.2, 0.25) is 0 Å². The first-order valence-electron chi connectivity index (χ1n) is 6.28. The van der Waals surface area contributed by atoms with Crippen molar-refractivity contribution < 1.29 is 4.74 Å². The Morgan fingerprint density at radius 2 is 1.81 bits per heavy atom. The lowest BCUT2D eigenvalue weighted by Gasteiger charge is -2.18. The molecule has 0 aromatic heterocycles. The maximum Gasteiger partial charge on any atom is 0.142 e. The van der Waals surface area contributed by atoms with Gasteiger partial charge in [-0.3, -0.25) is 0 Å². The molecule has 0 spiro atoms. The molecule has 0 atom stereocenters. The predicted octanol–water partition coefficient (Wildman–Crippen LogP) is 3.68. The van der Waals surface area contributed by atoms with Crippen LogP contribution < -0.4 is 10.5 Å². The van der Waals surface area contributed by atoms with E-state index in [0.29, 0.717) is 6.10 Å². The Labute approximate surface area is 97.8 Å². The summed E-state index contributed by atoms with van der Waals surface area (Å²) in [4.78, 5) is 0. The molecule has 1 aromatic carbocycles. The Morgan fingerprint density at radius 1 is 1.12 bits per heavy atom. The van der Waals surface area contributed by atoms with E-state index < -0.39 is 0 Å². The van der Waals surface area contributed by atoms with Gasteiger partial charge in [0.05, 0.1) is 11.8 Å². The molecule has 16 heavy (non-hydrogen) atoms. The van der Waals surface area contributed by atoms with E-state index in [1.807, 2.05) is 19.1 Å². The molecular weight excluding hydrogens is 198 g/mol. The molecule has 1 fully saturated rings. The second-order valence-electron chi connectivity index (χ2n) is 4.77. The Bertz CT molecular complexity index is 341. The molecule has 1 saturated carbocycles. The van der Waals surface area contributed by atoms with Crippen LogP contribution in [0.15, 0.2) is 18.2 Å². The van der Waals surface area contributed by atoms with Crippen molar-refractivity contribution in [1.82, 2.24) is 0 Å². The summed E-state index contributed by atoms with van der Waals surface area (Å²) in [6.45, 7) is 2.05. The van der Waals surface area contributed by atoms with Crippen molar-refractivity contribution in [3.63, 3.8) is 0 Å². The van der Waals surface area contributed by atoms with Gasteiger partial charge < -0.3 is 10.5 Å². The smallest absolute Gasteiger partial charge is 0.142 e. The molecule has 88 valence electrons. The van der Waals surface area contributed by atoms with Crippen molar-refractivity contribution in [1.29, 1.82) is 0 Å². The molecule has 0 saturated heterocycles. The summed E-state index contributed by atoms with van der Waals surface area (Å²) in [6.07, 6.45) is 7.99. The predicted molar refractivity (Wildman–Crippen MR) is 67.7 cm³/mol. The maximum atomic E-state index is 6.00. The van der Waals surface area contributed by atoms with Crippen LogP contribution in [0.2, 0.25) is 0 Å². The summed E-state index contributed by atoms with van der Waals surface area (Å²) in [6, 6.07) is 6.03. The number of aryl methyl sites for hydroxylation is 1. The van der Waals surface area contributed by atoms with Crippen LogP contribution in [0.25, 0.3) is 0 Å². The molecule has 2 heteroatoms. The minimum absolute atomic E-state index is 0.368. The summed E-state index contributed by atoms with van der Waals surface area (Å²) in [5.41, 5.74) is 7.91. The van der Waals surface area contributed by atoms with Gasteiger partial charge in [-0.05, 0) is 50.3 Å². The van der Waals surface area contributed by atoms with Gasteiger partial charge in [0.15, 0.2) is 0 Å². The van der Waals surface area contributed by atoms with Crippen LogP contribution in [0.4, 0.5) is 5.69 Å². The van der Waals surface area contributed by atoms with Crippen LogP contribution in [-0.4, -0.2) is 6.10 Å². The van der Waals surface area contributed by atoms with Crippen LogP contribution in [0.5, 0.6) is 5.75 Å². The van der Waals surface area contributed by atoms with E-state index in [9.17, 15) is 0 Å². The van der Waals surface area contributed by atoms with Crippen molar-refractivity contribution in [3.8, 4) is 5.75 Å². The van der Waals surface area contributed by atoms with Gasteiger partial charge in [-0.15, -0.1) is 0 Å². The topological polar surface area (TPSA) is 35.2 Å². The quantitative estimate of drug-likeness (QED) is 0.608. The van der Waals surface area contributed by atoms with Crippen molar-refractivity contribution in [2.75, 3.05) is 5.73 Å². The monoisotopic (exact) mass is 219 g/mol. The minimum atomic E-state index is 0.368. The third-order valence-electron chi connectivity index (χ3n) is 3.26. The Hall–Kier alpha value is -1.18. The van der Waals surface area contributed by atoms with Crippen LogP contribution in [-0.2, 0) is 0 Å². The SMILES string of the molecule is Cc1ccc(OC2CCCCCC2)c(N)c1. The van der Waals surface area contributed by atoms with Crippen molar-refractivity contribution >= 4 is 5.69 Å². The minimum Gasteiger partial charge on any atom is -0.488 e. The van der Waals surface area contributed by atoms with Gasteiger partial charge in [-0.1, -0.05) is 18.9 Å². The van der Waals surface area contributed by atoms with E-state index in [-0.39, 0.29) is 0 Å². The third kappa shape index (κ3) is 2.91. The van der Waals surface area contributed by atoms with Gasteiger partial charge in [0.1, 0.15) is 5.75 Å². The molecule has 2 nitrogen and oxygen atoms in total. The number of rotatable bonds is 2. The van der Waals surface area contributed by atoms with Crippen molar-refractivity contribution in [2.24, 2.45) is 0 Å². The first-order chi connectivity index (χ1) is 7.75. The average Bonchev–Trinajstić information content (AvgIpc) is 2.51. The van der Waals surface area contributed by atoms with E-state index in [1.165, 1.54) is 44.1 Å². The van der Waals surface area contributed by atoms with E-state index in [1.54, 1.807) is 0 Å². The van der Waals surface area contributed by atoms with Gasteiger partial charge in [0, 0.05) is 0 Å². The number of anilines is 1. The van der Waals surface area contributed by atoms with Crippen LogP contribution in [0.3, 0.4) is 0 Å². The summed E-state index contributed by atoms with van der Waals surface area (Å²) in [7, 11) is 0. The molecule has 2 rings (SSSR count).